The zero-order valence-electron chi connectivity index (χ0n) is 13.5. The second kappa shape index (κ2) is 6.93. The van der Waals surface area contributed by atoms with Crippen LogP contribution in [0.25, 0.3) is 11.6 Å². The van der Waals surface area contributed by atoms with Gasteiger partial charge in [0.15, 0.2) is 0 Å². The lowest BCUT2D eigenvalue weighted by Gasteiger charge is -2.16. The molecule has 0 aliphatic carbocycles. The number of nitrogens with zero attached hydrogens (tertiary/aromatic N) is 1. The Balaban J connectivity index is 2.28. The molecule has 2 aromatic rings. The van der Waals surface area contributed by atoms with Crippen LogP contribution in [0.15, 0.2) is 54.6 Å². The van der Waals surface area contributed by atoms with Crippen molar-refractivity contribution in [3.05, 3.63) is 65.7 Å². The lowest BCUT2D eigenvalue weighted by molar-refractivity contribution is -0.142. The van der Waals surface area contributed by atoms with E-state index in [1.807, 2.05) is 57.2 Å². The van der Waals surface area contributed by atoms with E-state index in [2.05, 4.69) is 6.07 Å². The Morgan fingerprint density at radius 2 is 1.78 bits per heavy atom. The fraction of sp³-hybridized carbons (Fsp3) is 0.200. The number of nitriles is 1. The van der Waals surface area contributed by atoms with Crippen molar-refractivity contribution in [1.82, 2.24) is 0 Å². The molecule has 0 amide bonds. The number of rotatable bonds is 3. The number of carbonyl (C=O) groups is 1. The standard InChI is InChI=1S/C20H19NO2/c1-20(2,3)19(22)23-18-11-7-8-15(13-18)12-17(14-21)16-9-5-4-6-10-16/h4-13H,1-3H3/b17-12-. The van der Waals surface area contributed by atoms with Gasteiger partial charge in [-0.25, -0.2) is 0 Å². The van der Waals surface area contributed by atoms with Crippen LogP contribution in [-0.4, -0.2) is 5.97 Å². The third kappa shape index (κ3) is 4.55. The van der Waals surface area contributed by atoms with Gasteiger partial charge in [0.1, 0.15) is 5.75 Å². The fourth-order valence-electron chi connectivity index (χ4n) is 1.89. The molecule has 0 spiro atoms. The van der Waals surface area contributed by atoms with Gasteiger partial charge >= 0.3 is 5.97 Å². The molecule has 0 N–H and O–H groups in total. The molecule has 0 aliphatic heterocycles. The molecule has 116 valence electrons. The van der Waals surface area contributed by atoms with Gasteiger partial charge in [-0.05, 0) is 50.1 Å². The first-order valence-corrected chi connectivity index (χ1v) is 7.40. The largest absolute Gasteiger partial charge is 0.426 e. The van der Waals surface area contributed by atoms with Crippen LogP contribution in [0.4, 0.5) is 0 Å². The molecule has 0 saturated carbocycles. The minimum absolute atomic E-state index is 0.290. The molecule has 0 bridgehead atoms. The van der Waals surface area contributed by atoms with E-state index < -0.39 is 5.41 Å². The molecule has 2 rings (SSSR count). The molecule has 23 heavy (non-hydrogen) atoms. The highest BCUT2D eigenvalue weighted by Crippen LogP contribution is 2.23. The van der Waals surface area contributed by atoms with Crippen LogP contribution in [0, 0.1) is 16.7 Å². The molecule has 2 aromatic carbocycles. The van der Waals surface area contributed by atoms with Crippen molar-refractivity contribution in [3.8, 4) is 11.8 Å². The highest BCUT2D eigenvalue weighted by atomic mass is 16.5. The third-order valence-corrected chi connectivity index (χ3v) is 3.20. The molecule has 0 fully saturated rings. The number of ether oxygens (including phenoxy) is 1. The summed E-state index contributed by atoms with van der Waals surface area (Å²) >= 11 is 0. The Morgan fingerprint density at radius 3 is 2.39 bits per heavy atom. The Bertz CT molecular complexity index is 762. The van der Waals surface area contributed by atoms with Gasteiger partial charge in [-0.1, -0.05) is 42.5 Å². The van der Waals surface area contributed by atoms with Crippen molar-refractivity contribution in [3.63, 3.8) is 0 Å². The van der Waals surface area contributed by atoms with Crippen molar-refractivity contribution < 1.29 is 9.53 Å². The zero-order chi connectivity index (χ0) is 16.9. The van der Waals surface area contributed by atoms with E-state index in [4.69, 9.17) is 4.74 Å². The minimum atomic E-state index is -0.562. The quantitative estimate of drug-likeness (QED) is 0.357. The molecule has 3 heteroatoms. The van der Waals surface area contributed by atoms with Gasteiger partial charge in [-0.2, -0.15) is 5.26 Å². The number of esters is 1. The molecular weight excluding hydrogens is 286 g/mol. The predicted octanol–water partition coefficient (Wildman–Crippen LogP) is 4.70. The van der Waals surface area contributed by atoms with Crippen LogP contribution in [0.1, 0.15) is 31.9 Å². The molecule has 0 unspecified atom stereocenters. The Hall–Kier alpha value is -2.86. The summed E-state index contributed by atoms with van der Waals surface area (Å²) in [7, 11) is 0. The molecule has 0 heterocycles. The number of hydrogen-bond donors (Lipinski definition) is 0. The first-order chi connectivity index (χ1) is 10.9. The summed E-state index contributed by atoms with van der Waals surface area (Å²) in [5.41, 5.74) is 1.66. The summed E-state index contributed by atoms with van der Waals surface area (Å²) < 4.78 is 5.39. The summed E-state index contributed by atoms with van der Waals surface area (Å²) in [5, 5.41) is 9.36. The van der Waals surface area contributed by atoms with Crippen LogP contribution in [-0.2, 0) is 4.79 Å². The van der Waals surface area contributed by atoms with Crippen molar-refractivity contribution in [2.24, 2.45) is 5.41 Å². The van der Waals surface area contributed by atoms with Crippen molar-refractivity contribution in [2.75, 3.05) is 0 Å². The van der Waals surface area contributed by atoms with Crippen LogP contribution in [0.3, 0.4) is 0 Å². The second-order valence-electron chi connectivity index (χ2n) is 6.25. The maximum atomic E-state index is 12.0. The lowest BCUT2D eigenvalue weighted by Crippen LogP contribution is -2.25. The summed E-state index contributed by atoms with van der Waals surface area (Å²) in [6.45, 7) is 5.42. The van der Waals surface area contributed by atoms with Gasteiger partial charge in [0, 0.05) is 0 Å². The molecule has 0 saturated heterocycles. The Kier molecular flexibility index (Phi) is 4.98. The Morgan fingerprint density at radius 1 is 1.09 bits per heavy atom. The SMILES string of the molecule is CC(C)(C)C(=O)Oc1cccc(/C=C(/C#N)c2ccccc2)c1. The summed E-state index contributed by atoms with van der Waals surface area (Å²) in [5.74, 6) is 0.186. The van der Waals surface area contributed by atoms with Gasteiger partial charge < -0.3 is 4.74 Å². The normalized spacial score (nSPS) is 11.7. The predicted molar refractivity (Wildman–Crippen MR) is 91.5 cm³/mol. The minimum Gasteiger partial charge on any atom is -0.426 e. The number of carbonyl (C=O) groups excluding carboxylic acids is 1. The first-order valence-electron chi connectivity index (χ1n) is 7.40. The number of benzene rings is 2. The average molecular weight is 305 g/mol. The molecular formula is C20H19NO2. The van der Waals surface area contributed by atoms with E-state index in [-0.39, 0.29) is 5.97 Å². The van der Waals surface area contributed by atoms with Crippen molar-refractivity contribution >= 4 is 17.6 Å². The summed E-state index contributed by atoms with van der Waals surface area (Å²) in [6, 6.07) is 18.8. The fourth-order valence-corrected chi connectivity index (χ4v) is 1.89. The molecule has 0 radical (unpaired) electrons. The highest BCUT2D eigenvalue weighted by Gasteiger charge is 2.23. The molecule has 0 atom stereocenters. The third-order valence-electron chi connectivity index (χ3n) is 3.20. The van der Waals surface area contributed by atoms with Gasteiger partial charge in [-0.15, -0.1) is 0 Å². The zero-order valence-corrected chi connectivity index (χ0v) is 13.5. The maximum absolute atomic E-state index is 12.0. The monoisotopic (exact) mass is 305 g/mol. The molecule has 0 aromatic heterocycles. The van der Waals surface area contributed by atoms with Gasteiger partial charge in [0.2, 0.25) is 0 Å². The van der Waals surface area contributed by atoms with Crippen LogP contribution in [0.5, 0.6) is 5.75 Å². The van der Waals surface area contributed by atoms with E-state index >= 15 is 0 Å². The summed E-state index contributed by atoms with van der Waals surface area (Å²) in [6.07, 6.45) is 1.78. The lowest BCUT2D eigenvalue weighted by atomic mass is 9.97. The first kappa shape index (κ1) is 16.5. The van der Waals surface area contributed by atoms with Crippen molar-refractivity contribution in [1.29, 1.82) is 5.26 Å². The van der Waals surface area contributed by atoms with Crippen molar-refractivity contribution in [2.45, 2.75) is 20.8 Å². The van der Waals surface area contributed by atoms with E-state index in [1.165, 1.54) is 0 Å². The highest BCUT2D eigenvalue weighted by molar-refractivity contribution is 5.89. The smallest absolute Gasteiger partial charge is 0.316 e. The number of hydrogen-bond acceptors (Lipinski definition) is 3. The topological polar surface area (TPSA) is 50.1 Å². The maximum Gasteiger partial charge on any atom is 0.316 e. The second-order valence-corrected chi connectivity index (χ2v) is 6.25. The van der Waals surface area contributed by atoms with E-state index in [9.17, 15) is 10.1 Å². The van der Waals surface area contributed by atoms with Crippen LogP contribution in [0.2, 0.25) is 0 Å². The Labute approximate surface area is 136 Å². The number of allylic oxidation sites excluding steroid dienone is 1. The average Bonchev–Trinajstić information content (AvgIpc) is 2.53. The van der Waals surface area contributed by atoms with Crippen LogP contribution < -0.4 is 4.74 Å². The van der Waals surface area contributed by atoms with E-state index in [0.29, 0.717) is 11.3 Å². The van der Waals surface area contributed by atoms with E-state index in [1.54, 1.807) is 24.3 Å². The van der Waals surface area contributed by atoms with Gasteiger partial charge in [0.25, 0.3) is 0 Å². The summed E-state index contributed by atoms with van der Waals surface area (Å²) in [4.78, 5) is 12.0. The molecule has 0 aliphatic rings. The molecule has 3 nitrogen and oxygen atoms in total. The van der Waals surface area contributed by atoms with E-state index in [0.717, 1.165) is 11.1 Å². The van der Waals surface area contributed by atoms with Crippen LogP contribution >= 0.6 is 0 Å². The van der Waals surface area contributed by atoms with Gasteiger partial charge in [-0.3, -0.25) is 4.79 Å². The van der Waals surface area contributed by atoms with Gasteiger partial charge in [0.05, 0.1) is 17.1 Å².